The maximum atomic E-state index is 9.85. The SMILES string of the molecule is N#Cc1ccc(N(c2ccc(N(c3ccc4ccccc4c3)c3cc4ccc5cccc6c5c4c(c3)n6-c3ccccc3)cc2)c2cc3ccc4cccc5c4c3c(c2)n5-c2ccccc2)cc1. The van der Waals surface area contributed by atoms with E-state index in [1.807, 2.05) is 12.1 Å². The van der Waals surface area contributed by atoms with Gasteiger partial charge >= 0.3 is 0 Å². The van der Waals surface area contributed by atoms with Crippen LogP contribution < -0.4 is 9.80 Å². The molecule has 68 heavy (non-hydrogen) atoms. The van der Waals surface area contributed by atoms with Crippen LogP contribution in [0.1, 0.15) is 5.56 Å². The third-order valence-corrected chi connectivity index (χ3v) is 13.9. The second kappa shape index (κ2) is 14.8. The van der Waals surface area contributed by atoms with Gasteiger partial charge in [-0.2, -0.15) is 5.26 Å². The van der Waals surface area contributed by atoms with Gasteiger partial charge in [0.05, 0.1) is 33.7 Å². The Morgan fingerprint density at radius 3 is 1.18 bits per heavy atom. The predicted octanol–water partition coefficient (Wildman–Crippen LogP) is 17.0. The van der Waals surface area contributed by atoms with Crippen LogP contribution >= 0.6 is 0 Å². The Morgan fingerprint density at radius 2 is 0.662 bits per heavy atom. The quantitative estimate of drug-likeness (QED) is 0.143. The Kier molecular flexibility index (Phi) is 8.28. The van der Waals surface area contributed by atoms with Crippen molar-refractivity contribution in [3.8, 4) is 17.4 Å². The lowest BCUT2D eigenvalue weighted by Gasteiger charge is -2.29. The Morgan fingerprint density at radius 1 is 0.279 bits per heavy atom. The van der Waals surface area contributed by atoms with Gasteiger partial charge in [-0.1, -0.05) is 115 Å². The maximum Gasteiger partial charge on any atom is 0.0991 e. The molecule has 0 atom stereocenters. The Hall–Kier alpha value is -9.37. The fraction of sp³-hybridized carbons (Fsp3) is 0. The number of benzene rings is 12. The first-order valence-electron chi connectivity index (χ1n) is 23.1. The highest BCUT2D eigenvalue weighted by Gasteiger charge is 2.24. The van der Waals surface area contributed by atoms with Crippen molar-refractivity contribution in [3.05, 3.63) is 242 Å². The van der Waals surface area contributed by atoms with Crippen molar-refractivity contribution in [1.82, 2.24) is 9.13 Å². The van der Waals surface area contributed by atoms with Crippen LogP contribution in [0.5, 0.6) is 0 Å². The molecule has 5 heteroatoms. The number of nitriles is 1. The van der Waals surface area contributed by atoms with E-state index in [9.17, 15) is 5.26 Å². The van der Waals surface area contributed by atoms with Crippen LogP contribution in [0.2, 0.25) is 0 Å². The summed E-state index contributed by atoms with van der Waals surface area (Å²) in [5, 5.41) is 22.1. The van der Waals surface area contributed by atoms with Gasteiger partial charge < -0.3 is 18.9 Å². The van der Waals surface area contributed by atoms with Crippen LogP contribution in [0, 0.1) is 11.3 Å². The monoisotopic (exact) mass is 865 g/mol. The van der Waals surface area contributed by atoms with E-state index in [4.69, 9.17) is 0 Å². The van der Waals surface area contributed by atoms with E-state index in [0.29, 0.717) is 5.56 Å². The lowest BCUT2D eigenvalue weighted by atomic mass is 10.0. The molecule has 0 radical (unpaired) electrons. The summed E-state index contributed by atoms with van der Waals surface area (Å²) in [5.41, 5.74) is 13.7. The molecule has 2 heterocycles. The maximum absolute atomic E-state index is 9.85. The summed E-state index contributed by atoms with van der Waals surface area (Å²) in [5.74, 6) is 0. The minimum Gasteiger partial charge on any atom is -0.310 e. The number of rotatable bonds is 8. The number of anilines is 6. The van der Waals surface area contributed by atoms with E-state index in [1.54, 1.807) is 0 Å². The molecule has 0 N–H and O–H groups in total. The molecular formula is C63H39N5. The molecule has 12 aromatic carbocycles. The molecule has 14 aromatic rings. The van der Waals surface area contributed by atoms with Crippen LogP contribution in [0.15, 0.2) is 237 Å². The minimum atomic E-state index is 0.619. The fourth-order valence-corrected chi connectivity index (χ4v) is 11.0. The minimum absolute atomic E-state index is 0.619. The Bertz CT molecular complexity index is 4260. The average molecular weight is 866 g/mol. The van der Waals surface area contributed by atoms with Crippen LogP contribution in [-0.4, -0.2) is 9.13 Å². The first-order chi connectivity index (χ1) is 33.7. The van der Waals surface area contributed by atoms with Gasteiger partial charge in [0.25, 0.3) is 0 Å². The molecule has 0 aliphatic heterocycles. The van der Waals surface area contributed by atoms with Crippen LogP contribution in [0.3, 0.4) is 0 Å². The molecule has 14 rings (SSSR count). The highest BCUT2D eigenvalue weighted by atomic mass is 15.2. The van der Waals surface area contributed by atoms with E-state index in [-0.39, 0.29) is 0 Å². The zero-order valence-corrected chi connectivity index (χ0v) is 36.8. The molecule has 0 spiro atoms. The molecule has 0 saturated heterocycles. The molecule has 0 unspecified atom stereocenters. The summed E-state index contributed by atoms with van der Waals surface area (Å²) >= 11 is 0. The zero-order valence-electron chi connectivity index (χ0n) is 36.8. The number of aromatic nitrogens is 2. The highest BCUT2D eigenvalue weighted by molar-refractivity contribution is 6.26. The number of hydrogen-bond acceptors (Lipinski definition) is 3. The molecule has 0 saturated carbocycles. The third kappa shape index (κ3) is 5.75. The lowest BCUT2D eigenvalue weighted by Crippen LogP contribution is -2.12. The van der Waals surface area contributed by atoms with Crippen molar-refractivity contribution >= 4 is 110 Å². The molecule has 2 aromatic heterocycles. The molecular weight excluding hydrogens is 827 g/mol. The van der Waals surface area contributed by atoms with Crippen molar-refractivity contribution < 1.29 is 0 Å². The van der Waals surface area contributed by atoms with Gasteiger partial charge in [0.1, 0.15) is 0 Å². The van der Waals surface area contributed by atoms with Crippen molar-refractivity contribution in [3.63, 3.8) is 0 Å². The van der Waals surface area contributed by atoms with Crippen molar-refractivity contribution in [2.45, 2.75) is 0 Å². The summed E-state index contributed by atoms with van der Waals surface area (Å²) in [6, 6.07) is 87.5. The first kappa shape index (κ1) is 38.0. The molecule has 5 nitrogen and oxygen atoms in total. The molecule has 0 aliphatic carbocycles. The standard InChI is InChI=1S/C63H39N5/c64-40-41-21-28-50(29-22-41)65(54-36-46-25-23-43-13-9-19-56-60(43)62(46)58(38-54)67(56)48-15-3-1-4-16-48)51-31-33-52(34-32-51)66(53-30-27-42-11-7-8-12-45(42)35-53)55-37-47-26-24-44-14-10-20-57-61(44)63(47)59(39-55)68(57)49-17-5-2-6-18-49/h1-39H. The van der Waals surface area contributed by atoms with Crippen molar-refractivity contribution in [2.24, 2.45) is 0 Å². The predicted molar refractivity (Wildman–Crippen MR) is 284 cm³/mol. The topological polar surface area (TPSA) is 40.1 Å². The summed E-state index contributed by atoms with van der Waals surface area (Å²) in [7, 11) is 0. The van der Waals surface area contributed by atoms with Gasteiger partial charge in [-0.25, -0.2) is 0 Å². The summed E-state index contributed by atoms with van der Waals surface area (Å²) in [6.07, 6.45) is 0. The molecule has 0 fully saturated rings. The summed E-state index contributed by atoms with van der Waals surface area (Å²) in [4.78, 5) is 4.71. The van der Waals surface area contributed by atoms with E-state index < -0.39 is 0 Å². The molecule has 0 amide bonds. The lowest BCUT2D eigenvalue weighted by molar-refractivity contribution is 1.18. The Balaban J connectivity index is 0.978. The van der Waals surface area contributed by atoms with Crippen LogP contribution in [-0.2, 0) is 0 Å². The zero-order chi connectivity index (χ0) is 44.9. The first-order valence-corrected chi connectivity index (χ1v) is 23.1. The second-order valence-electron chi connectivity index (χ2n) is 17.7. The number of fused-ring (bicyclic) bond motifs is 1. The van der Waals surface area contributed by atoms with Gasteiger partial charge in [0.15, 0.2) is 0 Å². The van der Waals surface area contributed by atoms with Crippen LogP contribution in [0.25, 0.3) is 87.3 Å². The van der Waals surface area contributed by atoms with Gasteiger partial charge in [-0.3, -0.25) is 0 Å². The van der Waals surface area contributed by atoms with Gasteiger partial charge in [-0.05, 0) is 154 Å². The number of para-hydroxylation sites is 2. The van der Waals surface area contributed by atoms with Gasteiger partial charge in [-0.15, -0.1) is 0 Å². The van der Waals surface area contributed by atoms with Crippen LogP contribution in [0.4, 0.5) is 34.1 Å². The normalized spacial score (nSPS) is 11.8. The van der Waals surface area contributed by atoms with E-state index in [2.05, 4.69) is 249 Å². The molecule has 0 bridgehead atoms. The average Bonchev–Trinajstić information content (AvgIpc) is 3.93. The number of nitrogens with zero attached hydrogens (tertiary/aromatic N) is 5. The molecule has 0 aliphatic rings. The second-order valence-corrected chi connectivity index (χ2v) is 17.7. The number of hydrogen-bond donors (Lipinski definition) is 0. The van der Waals surface area contributed by atoms with E-state index >= 15 is 0 Å². The van der Waals surface area contributed by atoms with Gasteiger partial charge in [0.2, 0.25) is 0 Å². The summed E-state index contributed by atoms with van der Waals surface area (Å²) in [6.45, 7) is 0. The van der Waals surface area contributed by atoms with E-state index in [1.165, 1.54) is 70.4 Å². The van der Waals surface area contributed by atoms with E-state index in [0.717, 1.165) is 51.0 Å². The smallest absolute Gasteiger partial charge is 0.0991 e. The molecule has 316 valence electrons. The Labute approximate surface area is 392 Å². The van der Waals surface area contributed by atoms with Crippen molar-refractivity contribution in [2.75, 3.05) is 9.80 Å². The third-order valence-electron chi connectivity index (χ3n) is 13.9. The van der Waals surface area contributed by atoms with Gasteiger partial charge in [0, 0.05) is 67.0 Å². The highest BCUT2D eigenvalue weighted by Crippen LogP contribution is 2.47. The summed E-state index contributed by atoms with van der Waals surface area (Å²) < 4.78 is 4.82. The fourth-order valence-electron chi connectivity index (χ4n) is 11.0. The van der Waals surface area contributed by atoms with Crippen molar-refractivity contribution in [1.29, 1.82) is 5.26 Å². The largest absolute Gasteiger partial charge is 0.310 e.